The highest BCUT2D eigenvalue weighted by Crippen LogP contribution is 2.18. The number of hydrogen-bond acceptors (Lipinski definition) is 2. The van der Waals surface area contributed by atoms with Crippen LogP contribution in [-0.4, -0.2) is 28.2 Å². The minimum absolute atomic E-state index is 0.430. The molecule has 1 unspecified atom stereocenters. The van der Waals surface area contributed by atoms with Crippen molar-refractivity contribution < 1.29 is 5.11 Å². The van der Waals surface area contributed by atoms with Crippen molar-refractivity contribution in [1.29, 1.82) is 0 Å². The van der Waals surface area contributed by atoms with Crippen LogP contribution in [0.25, 0.3) is 0 Å². The van der Waals surface area contributed by atoms with Crippen LogP contribution in [0.5, 0.6) is 0 Å². The molecule has 1 aliphatic heterocycles. The molecule has 0 aromatic rings. The number of halogens is 1. The minimum atomic E-state index is -0.430. The molecule has 0 aliphatic carbocycles. The first-order chi connectivity index (χ1) is 5.27. The summed E-state index contributed by atoms with van der Waals surface area (Å²) in [6.07, 6.45) is 4.66. The van der Waals surface area contributed by atoms with Crippen LogP contribution in [-0.2, 0) is 0 Å². The second-order valence-electron chi connectivity index (χ2n) is 3.35. The molecule has 1 rings (SSSR count). The average molecular weight is 269 g/mol. The molecular weight excluding hydrogens is 253 g/mol. The van der Waals surface area contributed by atoms with Gasteiger partial charge in [0.2, 0.25) is 0 Å². The lowest BCUT2D eigenvalue weighted by Gasteiger charge is -2.28. The molecule has 1 atom stereocenters. The molecule has 66 valence electrons. The minimum Gasteiger partial charge on any atom is -0.388 e. The molecule has 1 saturated heterocycles. The summed E-state index contributed by atoms with van der Waals surface area (Å²) in [7, 11) is 0. The van der Waals surface area contributed by atoms with Crippen molar-refractivity contribution in [3.8, 4) is 0 Å². The molecule has 1 heterocycles. The van der Waals surface area contributed by atoms with Gasteiger partial charge in [-0.25, -0.2) is 0 Å². The lowest BCUT2D eigenvalue weighted by molar-refractivity contribution is 0.0521. The molecule has 0 spiro atoms. The lowest BCUT2D eigenvalue weighted by Crippen LogP contribution is -2.43. The van der Waals surface area contributed by atoms with Crippen molar-refractivity contribution in [2.24, 2.45) is 0 Å². The van der Waals surface area contributed by atoms with Gasteiger partial charge < -0.3 is 10.4 Å². The quantitative estimate of drug-likeness (QED) is 0.556. The van der Waals surface area contributed by atoms with Crippen LogP contribution >= 0.6 is 22.6 Å². The van der Waals surface area contributed by atoms with Gasteiger partial charge in [0, 0.05) is 11.0 Å². The Bertz CT molecular complexity index is 111. The van der Waals surface area contributed by atoms with Gasteiger partial charge in [0.1, 0.15) is 0 Å². The molecule has 0 saturated carbocycles. The zero-order valence-corrected chi connectivity index (χ0v) is 8.93. The van der Waals surface area contributed by atoms with Crippen molar-refractivity contribution in [2.45, 2.75) is 31.3 Å². The highest BCUT2D eigenvalue weighted by Gasteiger charge is 2.25. The number of β-amino-alcohol motifs (C(OH)–C–C–N with tert-alkyl or cyclic N) is 1. The third kappa shape index (κ3) is 3.25. The van der Waals surface area contributed by atoms with E-state index in [0.717, 1.165) is 23.9 Å². The van der Waals surface area contributed by atoms with E-state index in [1.54, 1.807) is 0 Å². The van der Waals surface area contributed by atoms with E-state index in [4.69, 9.17) is 0 Å². The van der Waals surface area contributed by atoms with Crippen LogP contribution < -0.4 is 5.32 Å². The van der Waals surface area contributed by atoms with E-state index in [9.17, 15) is 5.11 Å². The Hall–Kier alpha value is 0.650. The highest BCUT2D eigenvalue weighted by atomic mass is 127. The van der Waals surface area contributed by atoms with Gasteiger partial charge in [0.15, 0.2) is 0 Å². The number of hydrogen-bond donors (Lipinski definition) is 2. The van der Waals surface area contributed by atoms with Crippen LogP contribution in [0.15, 0.2) is 0 Å². The molecule has 2 nitrogen and oxygen atoms in total. The zero-order valence-electron chi connectivity index (χ0n) is 6.77. The fraction of sp³-hybridized carbons (Fsp3) is 1.00. The monoisotopic (exact) mass is 269 g/mol. The summed E-state index contributed by atoms with van der Waals surface area (Å²) in [4.78, 5) is 0. The molecule has 0 aromatic carbocycles. The third-order valence-electron chi connectivity index (χ3n) is 2.20. The highest BCUT2D eigenvalue weighted by molar-refractivity contribution is 14.1. The van der Waals surface area contributed by atoms with Crippen LogP contribution in [0.4, 0.5) is 0 Å². The first-order valence-corrected chi connectivity index (χ1v) is 5.78. The maximum absolute atomic E-state index is 9.91. The van der Waals surface area contributed by atoms with Crippen LogP contribution in [0, 0.1) is 0 Å². The largest absolute Gasteiger partial charge is 0.388 e. The van der Waals surface area contributed by atoms with Crippen molar-refractivity contribution in [3.05, 3.63) is 0 Å². The van der Waals surface area contributed by atoms with Gasteiger partial charge in [0.25, 0.3) is 0 Å². The molecule has 3 heteroatoms. The molecule has 0 radical (unpaired) electrons. The normalized spacial score (nSPS) is 34.4. The first-order valence-electron chi connectivity index (χ1n) is 4.26. The molecule has 0 amide bonds. The molecule has 1 fully saturated rings. The Labute approximate surface area is 81.9 Å². The zero-order chi connectivity index (χ0) is 8.16. The molecule has 1 aliphatic rings. The van der Waals surface area contributed by atoms with Crippen LogP contribution in [0.1, 0.15) is 25.7 Å². The average Bonchev–Trinajstić information content (AvgIpc) is 1.98. The summed E-state index contributed by atoms with van der Waals surface area (Å²) in [5.74, 6) is 0. The number of nitrogens with one attached hydrogen (secondary N) is 1. The van der Waals surface area contributed by atoms with Gasteiger partial charge in [-0.1, -0.05) is 35.4 Å². The second kappa shape index (κ2) is 4.62. The summed E-state index contributed by atoms with van der Waals surface area (Å²) in [6, 6.07) is 0. The Balaban J connectivity index is 2.37. The molecule has 0 bridgehead atoms. The van der Waals surface area contributed by atoms with E-state index >= 15 is 0 Å². The summed E-state index contributed by atoms with van der Waals surface area (Å²) in [6.45, 7) is 1.84. The van der Waals surface area contributed by atoms with Crippen LogP contribution in [0.2, 0.25) is 0 Å². The number of rotatable bonds is 1. The lowest BCUT2D eigenvalue weighted by atomic mass is 9.96. The van der Waals surface area contributed by atoms with Crippen molar-refractivity contribution in [2.75, 3.05) is 17.5 Å². The van der Waals surface area contributed by atoms with Gasteiger partial charge in [-0.3, -0.25) is 0 Å². The van der Waals surface area contributed by atoms with E-state index in [2.05, 4.69) is 27.9 Å². The first kappa shape index (κ1) is 9.74. The smallest absolute Gasteiger partial charge is 0.0860 e. The summed E-state index contributed by atoms with van der Waals surface area (Å²) < 4.78 is 0.845. The SMILES string of the molecule is OC1(CI)CCCCCNC1. The van der Waals surface area contributed by atoms with Gasteiger partial charge in [-0.05, 0) is 19.4 Å². The molecular formula is C8H16INO. The van der Waals surface area contributed by atoms with Crippen molar-refractivity contribution in [3.63, 3.8) is 0 Å². The Morgan fingerprint density at radius 2 is 2.18 bits per heavy atom. The molecule has 0 aromatic heterocycles. The number of aliphatic hydroxyl groups is 1. The predicted molar refractivity (Wildman–Crippen MR) is 55.2 cm³/mol. The van der Waals surface area contributed by atoms with Crippen molar-refractivity contribution >= 4 is 22.6 Å². The van der Waals surface area contributed by atoms with E-state index in [-0.39, 0.29) is 0 Å². The summed E-state index contributed by atoms with van der Waals surface area (Å²) in [5, 5.41) is 13.2. The fourth-order valence-electron chi connectivity index (χ4n) is 1.40. The Morgan fingerprint density at radius 3 is 2.91 bits per heavy atom. The van der Waals surface area contributed by atoms with E-state index < -0.39 is 5.60 Å². The van der Waals surface area contributed by atoms with Gasteiger partial charge in [-0.15, -0.1) is 0 Å². The van der Waals surface area contributed by atoms with E-state index in [1.165, 1.54) is 19.3 Å². The van der Waals surface area contributed by atoms with E-state index in [0.29, 0.717) is 0 Å². The van der Waals surface area contributed by atoms with Crippen LogP contribution in [0.3, 0.4) is 0 Å². The Morgan fingerprint density at radius 1 is 1.36 bits per heavy atom. The van der Waals surface area contributed by atoms with Gasteiger partial charge in [0.05, 0.1) is 5.60 Å². The van der Waals surface area contributed by atoms with Crippen molar-refractivity contribution in [1.82, 2.24) is 5.32 Å². The maximum Gasteiger partial charge on any atom is 0.0860 e. The molecule has 11 heavy (non-hydrogen) atoms. The predicted octanol–water partition coefficient (Wildman–Crippen LogP) is 1.32. The molecule has 2 N–H and O–H groups in total. The standard InChI is InChI=1S/C8H16INO/c9-6-8(11)4-2-1-3-5-10-7-8/h10-11H,1-7H2. The topological polar surface area (TPSA) is 32.3 Å². The fourth-order valence-corrected chi connectivity index (χ4v) is 2.06. The second-order valence-corrected chi connectivity index (χ2v) is 4.11. The van der Waals surface area contributed by atoms with Gasteiger partial charge >= 0.3 is 0 Å². The number of alkyl halides is 1. The van der Waals surface area contributed by atoms with E-state index in [1.807, 2.05) is 0 Å². The summed E-state index contributed by atoms with van der Waals surface area (Å²) >= 11 is 2.26. The maximum atomic E-state index is 9.91. The third-order valence-corrected chi connectivity index (χ3v) is 3.62. The summed E-state index contributed by atoms with van der Waals surface area (Å²) in [5.41, 5.74) is -0.430. The van der Waals surface area contributed by atoms with Gasteiger partial charge in [-0.2, -0.15) is 0 Å². The Kier molecular flexibility index (Phi) is 4.09.